The van der Waals surface area contributed by atoms with Gasteiger partial charge in [-0.05, 0) is 25.9 Å². The molecule has 0 aromatic heterocycles. The third-order valence-corrected chi connectivity index (χ3v) is 3.56. The molecule has 1 aliphatic rings. The van der Waals surface area contributed by atoms with Crippen molar-refractivity contribution in [2.75, 3.05) is 27.2 Å². The highest BCUT2D eigenvalue weighted by atomic mass is 16.4. The summed E-state index contributed by atoms with van der Waals surface area (Å²) >= 11 is 0. The highest BCUT2D eigenvalue weighted by Gasteiger charge is 2.35. The summed E-state index contributed by atoms with van der Waals surface area (Å²) in [4.78, 5) is 27.1. The van der Waals surface area contributed by atoms with Crippen molar-refractivity contribution in [3.8, 4) is 0 Å². The lowest BCUT2D eigenvalue weighted by molar-refractivity contribution is -0.142. The van der Waals surface area contributed by atoms with E-state index >= 15 is 0 Å². The lowest BCUT2D eigenvalue weighted by Crippen LogP contribution is -2.53. The largest absolute Gasteiger partial charge is 0.480 e. The lowest BCUT2D eigenvalue weighted by atomic mass is 9.87. The molecule has 0 saturated carbocycles. The van der Waals surface area contributed by atoms with Gasteiger partial charge in [-0.15, -0.1) is 0 Å². The molecular formula is C13H25N3O3. The first-order valence-corrected chi connectivity index (χ1v) is 6.57. The van der Waals surface area contributed by atoms with Gasteiger partial charge in [0.2, 0.25) is 0 Å². The lowest BCUT2D eigenvalue weighted by Gasteiger charge is -2.30. The fourth-order valence-corrected chi connectivity index (χ4v) is 2.21. The van der Waals surface area contributed by atoms with E-state index in [1.165, 1.54) is 0 Å². The normalized spacial score (nSPS) is 21.6. The van der Waals surface area contributed by atoms with Crippen LogP contribution in [0.5, 0.6) is 0 Å². The zero-order chi connectivity index (χ0) is 14.8. The molecule has 1 aliphatic heterocycles. The summed E-state index contributed by atoms with van der Waals surface area (Å²) in [5.74, 6) is -0.996. The number of nitrogens with zero attached hydrogens (tertiary/aromatic N) is 2. The number of nitrogens with one attached hydrogen (secondary N) is 1. The van der Waals surface area contributed by atoms with Crippen molar-refractivity contribution < 1.29 is 14.7 Å². The van der Waals surface area contributed by atoms with Crippen molar-refractivity contribution in [2.45, 2.75) is 39.3 Å². The highest BCUT2D eigenvalue weighted by Crippen LogP contribution is 2.20. The van der Waals surface area contributed by atoms with Crippen LogP contribution in [0.1, 0.15) is 27.2 Å². The maximum atomic E-state index is 12.1. The molecule has 6 nitrogen and oxygen atoms in total. The van der Waals surface area contributed by atoms with Gasteiger partial charge in [-0.2, -0.15) is 0 Å². The SMILES string of the molecule is CN(C)C1CCN(C(=O)N[C@H](C(=O)O)C(C)(C)C)C1. The third-order valence-electron chi connectivity index (χ3n) is 3.56. The van der Waals surface area contributed by atoms with E-state index < -0.39 is 17.4 Å². The molecule has 2 N–H and O–H groups in total. The molecule has 2 amide bonds. The zero-order valence-electron chi connectivity index (χ0n) is 12.4. The maximum Gasteiger partial charge on any atom is 0.326 e. The quantitative estimate of drug-likeness (QED) is 0.797. The fraction of sp³-hybridized carbons (Fsp3) is 0.846. The average molecular weight is 271 g/mol. The number of urea groups is 1. The monoisotopic (exact) mass is 271 g/mol. The topological polar surface area (TPSA) is 72.9 Å². The van der Waals surface area contributed by atoms with E-state index in [1.807, 2.05) is 14.1 Å². The van der Waals surface area contributed by atoms with Gasteiger partial charge in [-0.1, -0.05) is 20.8 Å². The molecule has 1 heterocycles. The van der Waals surface area contributed by atoms with Crippen molar-refractivity contribution in [3.63, 3.8) is 0 Å². The molecule has 0 radical (unpaired) electrons. The van der Waals surface area contributed by atoms with Gasteiger partial charge < -0.3 is 20.2 Å². The number of hydrogen-bond donors (Lipinski definition) is 2. The first-order chi connectivity index (χ1) is 8.62. The molecule has 110 valence electrons. The highest BCUT2D eigenvalue weighted by molar-refractivity contribution is 5.83. The maximum absolute atomic E-state index is 12.1. The standard InChI is InChI=1S/C13H25N3O3/c1-13(2,3)10(11(17)18)14-12(19)16-7-6-9(8-16)15(4)5/h9-10H,6-8H2,1-5H3,(H,14,19)(H,17,18)/t9?,10-/m1/s1. The Hall–Kier alpha value is -1.30. The van der Waals surface area contributed by atoms with Gasteiger partial charge in [-0.25, -0.2) is 9.59 Å². The second-order valence-electron chi connectivity index (χ2n) is 6.44. The number of likely N-dealkylation sites (tertiary alicyclic amines) is 1. The molecule has 0 aliphatic carbocycles. The number of aliphatic carboxylic acids is 1. The van der Waals surface area contributed by atoms with Gasteiger partial charge in [0.05, 0.1) is 0 Å². The Labute approximate surface area is 114 Å². The van der Waals surface area contributed by atoms with Crippen LogP contribution < -0.4 is 5.32 Å². The molecule has 1 unspecified atom stereocenters. The van der Waals surface area contributed by atoms with E-state index in [0.717, 1.165) is 6.42 Å². The predicted molar refractivity (Wildman–Crippen MR) is 73.1 cm³/mol. The number of carboxylic acid groups (broad SMARTS) is 1. The smallest absolute Gasteiger partial charge is 0.326 e. The number of rotatable bonds is 3. The number of carboxylic acids is 1. The van der Waals surface area contributed by atoms with Crippen molar-refractivity contribution in [3.05, 3.63) is 0 Å². The Morgan fingerprint density at radius 2 is 1.95 bits per heavy atom. The van der Waals surface area contributed by atoms with Gasteiger partial charge in [-0.3, -0.25) is 0 Å². The average Bonchev–Trinajstić information content (AvgIpc) is 2.72. The second-order valence-corrected chi connectivity index (χ2v) is 6.44. The second kappa shape index (κ2) is 5.77. The van der Waals surface area contributed by atoms with E-state index in [1.54, 1.807) is 25.7 Å². The zero-order valence-corrected chi connectivity index (χ0v) is 12.4. The van der Waals surface area contributed by atoms with Crippen LogP contribution in [0, 0.1) is 5.41 Å². The molecule has 1 fully saturated rings. The van der Waals surface area contributed by atoms with Gasteiger partial charge in [0.15, 0.2) is 0 Å². The van der Waals surface area contributed by atoms with E-state index in [9.17, 15) is 14.7 Å². The Balaban J connectivity index is 2.62. The van der Waals surface area contributed by atoms with Crippen molar-refractivity contribution in [2.24, 2.45) is 5.41 Å². The van der Waals surface area contributed by atoms with Crippen LogP contribution in [-0.2, 0) is 4.79 Å². The summed E-state index contributed by atoms with van der Waals surface area (Å²) in [6, 6.07) is -0.811. The Bertz CT molecular complexity index is 350. The molecule has 1 rings (SSSR count). The molecule has 0 bridgehead atoms. The van der Waals surface area contributed by atoms with Crippen LogP contribution in [0.25, 0.3) is 0 Å². The Kier molecular flexibility index (Phi) is 4.79. The number of carbonyl (C=O) groups excluding carboxylic acids is 1. The molecule has 6 heteroatoms. The third kappa shape index (κ3) is 4.09. The molecule has 1 saturated heterocycles. The van der Waals surface area contributed by atoms with Crippen LogP contribution >= 0.6 is 0 Å². The van der Waals surface area contributed by atoms with Gasteiger partial charge in [0.25, 0.3) is 0 Å². The summed E-state index contributed by atoms with van der Waals surface area (Å²) in [7, 11) is 3.97. The van der Waals surface area contributed by atoms with Gasteiger partial charge >= 0.3 is 12.0 Å². The van der Waals surface area contributed by atoms with E-state index in [0.29, 0.717) is 19.1 Å². The van der Waals surface area contributed by atoms with Crippen LogP contribution in [0.4, 0.5) is 4.79 Å². The minimum Gasteiger partial charge on any atom is -0.480 e. The van der Waals surface area contributed by atoms with Crippen LogP contribution in [-0.4, -0.2) is 66.2 Å². The molecule has 0 aromatic rings. The van der Waals surface area contributed by atoms with Crippen LogP contribution in [0.15, 0.2) is 0 Å². The number of amides is 2. The number of carbonyl (C=O) groups is 2. The van der Waals surface area contributed by atoms with Crippen molar-refractivity contribution in [1.29, 1.82) is 0 Å². The molecule has 2 atom stereocenters. The minimum atomic E-state index is -0.996. The molecule has 0 spiro atoms. The Morgan fingerprint density at radius 1 is 1.37 bits per heavy atom. The Morgan fingerprint density at radius 3 is 2.32 bits per heavy atom. The van der Waals surface area contributed by atoms with Gasteiger partial charge in [0.1, 0.15) is 6.04 Å². The summed E-state index contributed by atoms with van der Waals surface area (Å²) in [6.07, 6.45) is 0.924. The fourth-order valence-electron chi connectivity index (χ4n) is 2.21. The summed E-state index contributed by atoms with van der Waals surface area (Å²) in [6.45, 7) is 6.73. The van der Waals surface area contributed by atoms with E-state index in [2.05, 4.69) is 10.2 Å². The van der Waals surface area contributed by atoms with E-state index in [4.69, 9.17) is 0 Å². The van der Waals surface area contributed by atoms with Crippen molar-refractivity contribution >= 4 is 12.0 Å². The van der Waals surface area contributed by atoms with E-state index in [-0.39, 0.29) is 6.03 Å². The predicted octanol–water partition coefficient (Wildman–Crippen LogP) is 0.831. The number of hydrogen-bond acceptors (Lipinski definition) is 3. The van der Waals surface area contributed by atoms with Crippen LogP contribution in [0.2, 0.25) is 0 Å². The number of likely N-dealkylation sites (N-methyl/N-ethyl adjacent to an activating group) is 1. The molecular weight excluding hydrogens is 246 g/mol. The molecule has 19 heavy (non-hydrogen) atoms. The molecule has 0 aromatic carbocycles. The first kappa shape index (κ1) is 15.8. The van der Waals surface area contributed by atoms with Gasteiger partial charge in [0, 0.05) is 19.1 Å². The van der Waals surface area contributed by atoms with Crippen molar-refractivity contribution in [1.82, 2.24) is 15.1 Å². The summed E-state index contributed by atoms with van der Waals surface area (Å²) in [5.41, 5.74) is -0.512. The van der Waals surface area contributed by atoms with Crippen LogP contribution in [0.3, 0.4) is 0 Å². The summed E-state index contributed by atoms with van der Waals surface area (Å²) in [5, 5.41) is 11.8. The minimum absolute atomic E-state index is 0.285. The first-order valence-electron chi connectivity index (χ1n) is 6.57. The summed E-state index contributed by atoms with van der Waals surface area (Å²) < 4.78 is 0.